The summed E-state index contributed by atoms with van der Waals surface area (Å²) in [5.74, 6) is 0.105. The Bertz CT molecular complexity index is 365. The zero-order valence-corrected chi connectivity index (χ0v) is 11.7. The van der Waals surface area contributed by atoms with Gasteiger partial charge >= 0.3 is 5.97 Å². The molecule has 106 valence electrons. The molecule has 0 fully saturated rings. The van der Waals surface area contributed by atoms with E-state index in [1.807, 2.05) is 30.3 Å². The van der Waals surface area contributed by atoms with Gasteiger partial charge in [0.05, 0.1) is 6.61 Å². The van der Waals surface area contributed by atoms with Gasteiger partial charge in [0.2, 0.25) is 0 Å². The van der Waals surface area contributed by atoms with E-state index in [4.69, 9.17) is 15.2 Å². The van der Waals surface area contributed by atoms with Gasteiger partial charge in [0.25, 0.3) is 0 Å². The van der Waals surface area contributed by atoms with Crippen LogP contribution in [0, 0.1) is 5.92 Å². The fourth-order valence-corrected chi connectivity index (χ4v) is 1.58. The van der Waals surface area contributed by atoms with E-state index in [0.29, 0.717) is 25.6 Å². The van der Waals surface area contributed by atoms with Crippen molar-refractivity contribution in [3.63, 3.8) is 0 Å². The van der Waals surface area contributed by atoms with E-state index in [1.54, 1.807) is 0 Å². The lowest BCUT2D eigenvalue weighted by atomic mass is 10.1. The van der Waals surface area contributed by atoms with Crippen molar-refractivity contribution in [1.82, 2.24) is 0 Å². The monoisotopic (exact) mass is 265 g/mol. The predicted molar refractivity (Wildman–Crippen MR) is 74.7 cm³/mol. The summed E-state index contributed by atoms with van der Waals surface area (Å²) in [5, 5.41) is 0. The predicted octanol–water partition coefficient (Wildman–Crippen LogP) is 1.77. The molecule has 0 saturated heterocycles. The molecule has 1 aromatic carbocycles. The molecule has 0 aliphatic rings. The Balaban J connectivity index is 2.18. The van der Waals surface area contributed by atoms with Gasteiger partial charge in [-0.2, -0.15) is 0 Å². The number of hydrogen-bond donors (Lipinski definition) is 1. The van der Waals surface area contributed by atoms with Gasteiger partial charge < -0.3 is 15.2 Å². The Labute approximate surface area is 114 Å². The van der Waals surface area contributed by atoms with Gasteiger partial charge in [0, 0.05) is 6.61 Å². The Morgan fingerprint density at radius 3 is 2.53 bits per heavy atom. The summed E-state index contributed by atoms with van der Waals surface area (Å²) in [7, 11) is 0. The van der Waals surface area contributed by atoms with E-state index < -0.39 is 6.04 Å². The Morgan fingerprint density at radius 1 is 1.21 bits per heavy atom. The van der Waals surface area contributed by atoms with Crippen LogP contribution in [0.3, 0.4) is 0 Å². The van der Waals surface area contributed by atoms with Crippen LogP contribution in [-0.4, -0.2) is 31.8 Å². The van der Waals surface area contributed by atoms with Crippen molar-refractivity contribution in [2.75, 3.05) is 19.8 Å². The number of hydrogen-bond acceptors (Lipinski definition) is 4. The minimum absolute atomic E-state index is 0.258. The van der Waals surface area contributed by atoms with Gasteiger partial charge in [-0.1, -0.05) is 44.2 Å². The molecule has 0 bridgehead atoms. The minimum Gasteiger partial charge on any atom is -0.462 e. The zero-order chi connectivity index (χ0) is 14.1. The fourth-order valence-electron chi connectivity index (χ4n) is 1.58. The Kier molecular flexibility index (Phi) is 7.15. The van der Waals surface area contributed by atoms with Crippen LogP contribution in [0.5, 0.6) is 0 Å². The summed E-state index contributed by atoms with van der Waals surface area (Å²) in [6.45, 7) is 5.49. The maximum absolute atomic E-state index is 11.6. The number of rotatable bonds is 8. The smallest absolute Gasteiger partial charge is 0.323 e. The molecule has 1 rings (SSSR count). The lowest BCUT2D eigenvalue weighted by molar-refractivity contribution is -0.146. The normalized spacial score (nSPS) is 12.4. The molecule has 0 heterocycles. The molecular weight excluding hydrogens is 242 g/mol. The molecule has 0 aliphatic carbocycles. The summed E-state index contributed by atoms with van der Waals surface area (Å²) < 4.78 is 10.4. The lowest BCUT2D eigenvalue weighted by Gasteiger charge is -2.12. The molecule has 0 spiro atoms. The van der Waals surface area contributed by atoms with Gasteiger partial charge in [-0.3, -0.25) is 4.79 Å². The first kappa shape index (κ1) is 15.7. The topological polar surface area (TPSA) is 61.5 Å². The van der Waals surface area contributed by atoms with Gasteiger partial charge in [-0.05, 0) is 17.9 Å². The first-order valence-electron chi connectivity index (χ1n) is 6.63. The van der Waals surface area contributed by atoms with Crippen molar-refractivity contribution < 1.29 is 14.3 Å². The standard InChI is InChI=1S/C15H23NO3/c1-12(2)11-18-8-9-19-15(17)14(16)10-13-6-4-3-5-7-13/h3-7,12,14H,8-11,16H2,1-2H3/t14-/m1/s1. The van der Waals surface area contributed by atoms with Gasteiger partial charge in [-0.25, -0.2) is 0 Å². The van der Waals surface area contributed by atoms with E-state index in [0.717, 1.165) is 5.56 Å². The van der Waals surface area contributed by atoms with Crippen LogP contribution < -0.4 is 5.73 Å². The van der Waals surface area contributed by atoms with Crippen LogP contribution in [0.1, 0.15) is 19.4 Å². The third kappa shape index (κ3) is 6.94. The molecular formula is C15H23NO3. The van der Waals surface area contributed by atoms with Crippen LogP contribution in [0.2, 0.25) is 0 Å². The highest BCUT2D eigenvalue weighted by atomic mass is 16.6. The molecule has 0 amide bonds. The molecule has 1 aromatic rings. The molecule has 0 saturated carbocycles. The maximum atomic E-state index is 11.6. The van der Waals surface area contributed by atoms with Crippen molar-refractivity contribution in [1.29, 1.82) is 0 Å². The Morgan fingerprint density at radius 2 is 1.89 bits per heavy atom. The van der Waals surface area contributed by atoms with Crippen LogP contribution >= 0.6 is 0 Å². The first-order chi connectivity index (χ1) is 9.09. The van der Waals surface area contributed by atoms with E-state index >= 15 is 0 Å². The van der Waals surface area contributed by atoms with Crippen molar-refractivity contribution in [3.05, 3.63) is 35.9 Å². The highest BCUT2D eigenvalue weighted by Crippen LogP contribution is 2.03. The highest BCUT2D eigenvalue weighted by molar-refractivity contribution is 5.75. The highest BCUT2D eigenvalue weighted by Gasteiger charge is 2.15. The van der Waals surface area contributed by atoms with Crippen LogP contribution in [-0.2, 0) is 20.7 Å². The van der Waals surface area contributed by atoms with E-state index in [9.17, 15) is 4.79 Å². The summed E-state index contributed by atoms with van der Waals surface area (Å²) in [6, 6.07) is 9.05. The van der Waals surface area contributed by atoms with Gasteiger partial charge in [0.1, 0.15) is 12.6 Å². The molecule has 19 heavy (non-hydrogen) atoms. The van der Waals surface area contributed by atoms with Crippen molar-refractivity contribution in [2.45, 2.75) is 26.3 Å². The zero-order valence-electron chi connectivity index (χ0n) is 11.7. The molecule has 4 heteroatoms. The number of benzene rings is 1. The third-order valence-corrected chi connectivity index (χ3v) is 2.52. The van der Waals surface area contributed by atoms with Crippen LogP contribution in [0.15, 0.2) is 30.3 Å². The Hall–Kier alpha value is -1.39. The van der Waals surface area contributed by atoms with Crippen molar-refractivity contribution >= 4 is 5.97 Å². The van der Waals surface area contributed by atoms with Gasteiger partial charge in [0.15, 0.2) is 0 Å². The molecule has 0 aromatic heterocycles. The molecule has 4 nitrogen and oxygen atoms in total. The lowest BCUT2D eigenvalue weighted by Crippen LogP contribution is -2.35. The molecule has 2 N–H and O–H groups in total. The summed E-state index contributed by atoms with van der Waals surface area (Å²) in [6.07, 6.45) is 0.493. The number of carbonyl (C=O) groups excluding carboxylic acids is 1. The quantitative estimate of drug-likeness (QED) is 0.575. The number of ether oxygens (including phenoxy) is 2. The molecule has 0 aliphatic heterocycles. The number of carbonyl (C=O) groups is 1. The maximum Gasteiger partial charge on any atom is 0.323 e. The van der Waals surface area contributed by atoms with E-state index in [1.165, 1.54) is 0 Å². The fraction of sp³-hybridized carbons (Fsp3) is 0.533. The molecule has 0 unspecified atom stereocenters. The average molecular weight is 265 g/mol. The van der Waals surface area contributed by atoms with E-state index in [2.05, 4.69) is 13.8 Å². The number of nitrogens with two attached hydrogens (primary N) is 1. The number of esters is 1. The second-order valence-corrected chi connectivity index (χ2v) is 4.93. The first-order valence-corrected chi connectivity index (χ1v) is 6.63. The second-order valence-electron chi connectivity index (χ2n) is 4.93. The summed E-state index contributed by atoms with van der Waals surface area (Å²) in [5.41, 5.74) is 6.83. The largest absolute Gasteiger partial charge is 0.462 e. The average Bonchev–Trinajstić information content (AvgIpc) is 2.38. The SMILES string of the molecule is CC(C)COCCOC(=O)[C@H](N)Cc1ccccc1. The summed E-state index contributed by atoms with van der Waals surface area (Å²) >= 11 is 0. The minimum atomic E-state index is -0.618. The van der Waals surface area contributed by atoms with Crippen molar-refractivity contribution in [3.8, 4) is 0 Å². The van der Waals surface area contributed by atoms with Crippen LogP contribution in [0.25, 0.3) is 0 Å². The van der Waals surface area contributed by atoms with Crippen molar-refractivity contribution in [2.24, 2.45) is 11.7 Å². The molecule has 1 atom stereocenters. The summed E-state index contributed by atoms with van der Waals surface area (Å²) in [4.78, 5) is 11.6. The van der Waals surface area contributed by atoms with Gasteiger partial charge in [-0.15, -0.1) is 0 Å². The second kappa shape index (κ2) is 8.67. The van der Waals surface area contributed by atoms with Crippen LogP contribution in [0.4, 0.5) is 0 Å². The van der Waals surface area contributed by atoms with E-state index in [-0.39, 0.29) is 12.6 Å². The third-order valence-electron chi connectivity index (χ3n) is 2.52. The molecule has 0 radical (unpaired) electrons.